The van der Waals surface area contributed by atoms with Gasteiger partial charge in [-0.1, -0.05) is 45.7 Å². The number of carbonyl (C=O) groups is 2. The number of thioether (sulfide) groups is 1. The number of benzene rings is 3. The Balaban J connectivity index is 1.57. The van der Waals surface area contributed by atoms with E-state index in [4.69, 9.17) is 16.3 Å². The van der Waals surface area contributed by atoms with Gasteiger partial charge in [-0.15, -0.1) is 0 Å². The minimum atomic E-state index is -0.483. The Bertz CT molecular complexity index is 1250. The van der Waals surface area contributed by atoms with Crippen molar-refractivity contribution in [2.75, 3.05) is 0 Å². The van der Waals surface area contributed by atoms with Crippen molar-refractivity contribution in [3.05, 3.63) is 103 Å². The molecule has 1 fully saturated rings. The highest BCUT2D eigenvalue weighted by molar-refractivity contribution is 9.10. The van der Waals surface area contributed by atoms with E-state index in [1.54, 1.807) is 30.3 Å². The monoisotopic (exact) mass is 549 g/mol. The van der Waals surface area contributed by atoms with E-state index in [1.165, 1.54) is 36.4 Å². The van der Waals surface area contributed by atoms with E-state index < -0.39 is 22.8 Å². The topological polar surface area (TPSA) is 46.6 Å². The smallest absolute Gasteiger partial charge is 0.293 e. The van der Waals surface area contributed by atoms with Gasteiger partial charge in [0.25, 0.3) is 11.1 Å². The molecule has 168 valence electrons. The van der Waals surface area contributed by atoms with Gasteiger partial charge in [0, 0.05) is 15.6 Å². The first-order valence-corrected chi connectivity index (χ1v) is 11.7. The number of rotatable bonds is 6. The van der Waals surface area contributed by atoms with Crippen molar-refractivity contribution in [2.45, 2.75) is 13.2 Å². The van der Waals surface area contributed by atoms with E-state index >= 15 is 0 Å². The van der Waals surface area contributed by atoms with Gasteiger partial charge >= 0.3 is 0 Å². The predicted octanol–water partition coefficient (Wildman–Crippen LogP) is 7.20. The van der Waals surface area contributed by atoms with Gasteiger partial charge < -0.3 is 4.74 Å². The molecule has 4 nitrogen and oxygen atoms in total. The van der Waals surface area contributed by atoms with Crippen LogP contribution in [0.1, 0.15) is 16.7 Å². The summed E-state index contributed by atoms with van der Waals surface area (Å²) in [5.74, 6) is -0.949. The van der Waals surface area contributed by atoms with Crippen molar-refractivity contribution in [1.82, 2.24) is 4.90 Å². The van der Waals surface area contributed by atoms with Crippen LogP contribution in [-0.4, -0.2) is 16.0 Å². The average Bonchev–Trinajstić information content (AvgIpc) is 3.03. The van der Waals surface area contributed by atoms with Crippen LogP contribution in [0.15, 0.2) is 70.0 Å². The summed E-state index contributed by atoms with van der Waals surface area (Å²) in [5.41, 5.74) is 1.38. The second-order valence-corrected chi connectivity index (χ2v) is 9.38. The second-order valence-electron chi connectivity index (χ2n) is 7.07. The molecule has 0 aromatic heterocycles. The summed E-state index contributed by atoms with van der Waals surface area (Å²) in [6, 6.07) is 15.1. The fourth-order valence-electron chi connectivity index (χ4n) is 3.13. The molecular formula is C24H15BrClF2NO3S. The molecule has 0 N–H and O–H groups in total. The molecule has 0 bridgehead atoms. The summed E-state index contributed by atoms with van der Waals surface area (Å²) in [6.45, 7) is -0.0735. The molecular weight excluding hydrogens is 536 g/mol. The Morgan fingerprint density at radius 3 is 2.55 bits per heavy atom. The van der Waals surface area contributed by atoms with Crippen LogP contribution in [0.4, 0.5) is 13.6 Å². The number of carbonyl (C=O) groups excluding carboxylic acids is 2. The number of hydrogen-bond donors (Lipinski definition) is 0. The molecule has 0 atom stereocenters. The quantitative estimate of drug-likeness (QED) is 0.305. The highest BCUT2D eigenvalue weighted by Gasteiger charge is 2.35. The lowest BCUT2D eigenvalue weighted by Crippen LogP contribution is -2.27. The summed E-state index contributed by atoms with van der Waals surface area (Å²) >= 11 is 10.3. The first-order chi connectivity index (χ1) is 15.8. The van der Waals surface area contributed by atoms with Crippen molar-refractivity contribution in [3.8, 4) is 5.75 Å². The Labute approximate surface area is 206 Å². The molecule has 3 aromatic carbocycles. The Morgan fingerprint density at radius 2 is 1.82 bits per heavy atom. The Hall–Kier alpha value is -2.68. The summed E-state index contributed by atoms with van der Waals surface area (Å²) in [4.78, 5) is 26.6. The maximum Gasteiger partial charge on any atom is 0.293 e. The molecule has 3 aromatic rings. The van der Waals surface area contributed by atoms with Crippen molar-refractivity contribution >= 4 is 56.5 Å². The van der Waals surface area contributed by atoms with Gasteiger partial charge in [-0.3, -0.25) is 14.5 Å². The number of hydrogen-bond acceptors (Lipinski definition) is 4. The van der Waals surface area contributed by atoms with E-state index in [2.05, 4.69) is 15.9 Å². The van der Waals surface area contributed by atoms with Crippen LogP contribution in [0, 0.1) is 11.6 Å². The molecule has 1 aliphatic heterocycles. The maximum absolute atomic E-state index is 14.1. The normalized spacial score (nSPS) is 14.9. The third kappa shape index (κ3) is 5.46. The fraction of sp³-hybridized carbons (Fsp3) is 0.0833. The first-order valence-electron chi connectivity index (χ1n) is 9.67. The van der Waals surface area contributed by atoms with Crippen LogP contribution in [-0.2, 0) is 17.9 Å². The zero-order valence-corrected chi connectivity index (χ0v) is 20.0. The molecule has 33 heavy (non-hydrogen) atoms. The van der Waals surface area contributed by atoms with Crippen molar-refractivity contribution in [1.29, 1.82) is 0 Å². The lowest BCUT2D eigenvalue weighted by atomic mass is 10.1. The van der Waals surface area contributed by atoms with E-state index in [1.807, 2.05) is 0 Å². The lowest BCUT2D eigenvalue weighted by molar-refractivity contribution is -0.123. The largest absolute Gasteiger partial charge is 0.488 e. The Kier molecular flexibility index (Phi) is 7.17. The average molecular weight is 551 g/mol. The van der Waals surface area contributed by atoms with Gasteiger partial charge in [0.05, 0.1) is 16.5 Å². The second kappa shape index (κ2) is 10.1. The molecule has 9 heteroatoms. The van der Waals surface area contributed by atoms with Gasteiger partial charge in [-0.25, -0.2) is 8.78 Å². The fourth-order valence-corrected chi connectivity index (χ4v) is 4.56. The van der Waals surface area contributed by atoms with Crippen molar-refractivity contribution < 1.29 is 23.1 Å². The maximum atomic E-state index is 14.1. The van der Waals surface area contributed by atoms with Gasteiger partial charge in [0.15, 0.2) is 0 Å². The highest BCUT2D eigenvalue weighted by atomic mass is 79.9. The number of imide groups is 1. The summed E-state index contributed by atoms with van der Waals surface area (Å²) in [6.07, 6.45) is 1.55. The number of amides is 2. The molecule has 2 amide bonds. The van der Waals surface area contributed by atoms with Crippen molar-refractivity contribution in [2.24, 2.45) is 0 Å². The van der Waals surface area contributed by atoms with Crippen LogP contribution in [0.5, 0.6) is 5.75 Å². The molecule has 0 aliphatic carbocycles. The van der Waals surface area contributed by atoms with Crippen LogP contribution in [0.25, 0.3) is 6.08 Å². The summed E-state index contributed by atoms with van der Waals surface area (Å²) in [5, 5.41) is -0.179. The molecule has 1 heterocycles. The molecule has 1 saturated heterocycles. The minimum absolute atomic E-state index is 0.0376. The van der Waals surface area contributed by atoms with E-state index in [0.29, 0.717) is 16.9 Å². The van der Waals surface area contributed by atoms with Crippen LogP contribution in [0.3, 0.4) is 0 Å². The molecule has 4 rings (SSSR count). The van der Waals surface area contributed by atoms with E-state index in [9.17, 15) is 18.4 Å². The third-order valence-corrected chi connectivity index (χ3v) is 6.57. The molecule has 1 aliphatic rings. The summed E-state index contributed by atoms with van der Waals surface area (Å²) < 4.78 is 33.8. The van der Waals surface area contributed by atoms with Gasteiger partial charge in [-0.05, 0) is 65.9 Å². The predicted molar refractivity (Wildman–Crippen MR) is 128 cm³/mol. The van der Waals surface area contributed by atoms with E-state index in [-0.39, 0.29) is 28.6 Å². The SMILES string of the molecule is O=C1S/C(=C\c2cc(Br)ccc2OCc2c(F)cccc2Cl)C(=O)N1Cc1ccc(F)cc1. The first kappa shape index (κ1) is 23.5. The summed E-state index contributed by atoms with van der Waals surface area (Å²) in [7, 11) is 0. The van der Waals surface area contributed by atoms with Crippen LogP contribution in [0.2, 0.25) is 5.02 Å². The van der Waals surface area contributed by atoms with Gasteiger partial charge in [-0.2, -0.15) is 0 Å². The van der Waals surface area contributed by atoms with E-state index in [0.717, 1.165) is 21.1 Å². The number of halogens is 4. The molecule has 0 spiro atoms. The number of ether oxygens (including phenoxy) is 1. The third-order valence-electron chi connectivity index (χ3n) is 4.82. The highest BCUT2D eigenvalue weighted by Crippen LogP contribution is 2.36. The minimum Gasteiger partial charge on any atom is -0.488 e. The van der Waals surface area contributed by atoms with Crippen LogP contribution >= 0.6 is 39.3 Å². The molecule has 0 unspecified atom stereocenters. The van der Waals surface area contributed by atoms with Gasteiger partial charge in [0.1, 0.15) is 24.0 Å². The molecule has 0 saturated carbocycles. The Morgan fingerprint density at radius 1 is 1.06 bits per heavy atom. The van der Waals surface area contributed by atoms with Crippen LogP contribution < -0.4 is 4.74 Å². The zero-order chi connectivity index (χ0) is 23.5. The van der Waals surface area contributed by atoms with Crippen molar-refractivity contribution in [3.63, 3.8) is 0 Å². The standard InChI is InChI=1S/C24H15BrClF2NO3S/c25-16-6-9-21(32-13-18-19(26)2-1-3-20(18)28)15(10-16)11-22-23(30)29(24(31)33-22)12-14-4-7-17(27)8-5-14/h1-11H,12-13H2/b22-11-. The van der Waals surface area contributed by atoms with Gasteiger partial charge in [0.2, 0.25) is 0 Å². The number of nitrogens with zero attached hydrogens (tertiary/aromatic N) is 1. The molecule has 0 radical (unpaired) electrons. The lowest BCUT2D eigenvalue weighted by Gasteiger charge is -2.13. The zero-order valence-electron chi connectivity index (χ0n) is 16.9.